The second-order valence-electron chi connectivity index (χ2n) is 3.23. The second kappa shape index (κ2) is 5.75. The number of thiophene rings is 1. The van der Waals surface area contributed by atoms with Crippen molar-refractivity contribution in [1.82, 2.24) is 5.43 Å². The third kappa shape index (κ3) is 3.51. The van der Waals surface area contributed by atoms with E-state index in [4.69, 9.17) is 0 Å². The summed E-state index contributed by atoms with van der Waals surface area (Å²) >= 11 is 4.75. The highest BCUT2D eigenvalue weighted by molar-refractivity contribution is 9.10. The molecule has 0 unspecified atom stereocenters. The van der Waals surface area contributed by atoms with Crippen molar-refractivity contribution in [2.24, 2.45) is 5.10 Å². The van der Waals surface area contributed by atoms with E-state index in [2.05, 4.69) is 26.5 Å². The second-order valence-corrected chi connectivity index (χ2v) is 5.09. The topological polar surface area (TPSA) is 41.5 Å². The lowest BCUT2D eigenvalue weighted by Crippen LogP contribution is -2.16. The molecule has 1 aromatic carbocycles. The van der Waals surface area contributed by atoms with E-state index in [-0.39, 0.29) is 5.91 Å². The van der Waals surface area contributed by atoms with E-state index < -0.39 is 0 Å². The fraction of sp³-hybridized carbons (Fsp3) is 0. The van der Waals surface area contributed by atoms with Crippen LogP contribution in [-0.4, -0.2) is 12.1 Å². The normalized spacial score (nSPS) is 10.6. The van der Waals surface area contributed by atoms with E-state index in [9.17, 15) is 4.79 Å². The van der Waals surface area contributed by atoms with Crippen LogP contribution in [0.25, 0.3) is 0 Å². The van der Waals surface area contributed by atoms with Crippen LogP contribution in [0.2, 0.25) is 0 Å². The summed E-state index contributed by atoms with van der Waals surface area (Å²) in [6.45, 7) is 0. The first kappa shape index (κ1) is 12.0. The van der Waals surface area contributed by atoms with E-state index in [0.717, 1.165) is 10.0 Å². The SMILES string of the molecule is O=C(N/N=C/c1cccc(Br)c1)c1cccs1. The lowest BCUT2D eigenvalue weighted by molar-refractivity contribution is 0.0959. The highest BCUT2D eigenvalue weighted by atomic mass is 79.9. The van der Waals surface area contributed by atoms with Gasteiger partial charge in [-0.05, 0) is 29.1 Å². The molecule has 17 heavy (non-hydrogen) atoms. The van der Waals surface area contributed by atoms with Gasteiger partial charge in [0.05, 0.1) is 11.1 Å². The maximum absolute atomic E-state index is 11.5. The van der Waals surface area contributed by atoms with Crippen molar-refractivity contribution in [3.63, 3.8) is 0 Å². The van der Waals surface area contributed by atoms with Crippen LogP contribution in [-0.2, 0) is 0 Å². The first-order valence-electron chi connectivity index (χ1n) is 4.88. The summed E-state index contributed by atoms with van der Waals surface area (Å²) in [7, 11) is 0. The summed E-state index contributed by atoms with van der Waals surface area (Å²) in [5, 5.41) is 5.75. The molecular formula is C12H9BrN2OS. The molecule has 2 rings (SSSR count). The fourth-order valence-corrected chi connectivity index (χ4v) is 2.25. The molecule has 0 spiro atoms. The molecule has 0 bridgehead atoms. The number of carbonyl (C=O) groups excluding carboxylic acids is 1. The first-order chi connectivity index (χ1) is 8.25. The molecular weight excluding hydrogens is 300 g/mol. The summed E-state index contributed by atoms with van der Waals surface area (Å²) in [6.07, 6.45) is 1.61. The molecule has 0 radical (unpaired) electrons. The predicted molar refractivity (Wildman–Crippen MR) is 73.5 cm³/mol. The van der Waals surface area contributed by atoms with Crippen LogP contribution in [0.4, 0.5) is 0 Å². The van der Waals surface area contributed by atoms with Gasteiger partial charge in [-0.2, -0.15) is 5.10 Å². The molecule has 0 aliphatic carbocycles. The van der Waals surface area contributed by atoms with Crippen LogP contribution in [0.3, 0.4) is 0 Å². The number of halogens is 1. The van der Waals surface area contributed by atoms with Crippen molar-refractivity contribution in [2.45, 2.75) is 0 Å². The minimum Gasteiger partial charge on any atom is -0.266 e. The van der Waals surface area contributed by atoms with Crippen LogP contribution >= 0.6 is 27.3 Å². The Morgan fingerprint density at radius 1 is 1.35 bits per heavy atom. The predicted octanol–water partition coefficient (Wildman–Crippen LogP) is 3.27. The van der Waals surface area contributed by atoms with E-state index >= 15 is 0 Å². The van der Waals surface area contributed by atoms with Gasteiger partial charge >= 0.3 is 0 Å². The number of amides is 1. The highest BCUT2D eigenvalue weighted by Crippen LogP contribution is 2.10. The maximum Gasteiger partial charge on any atom is 0.281 e. The minimum absolute atomic E-state index is 0.189. The molecule has 0 fully saturated rings. The van der Waals surface area contributed by atoms with Gasteiger partial charge in [0.2, 0.25) is 0 Å². The van der Waals surface area contributed by atoms with Crippen LogP contribution < -0.4 is 5.43 Å². The number of hydrogen-bond donors (Lipinski definition) is 1. The van der Waals surface area contributed by atoms with Gasteiger partial charge in [0.15, 0.2) is 0 Å². The number of rotatable bonds is 3. The summed E-state index contributed by atoms with van der Waals surface area (Å²) < 4.78 is 0.978. The van der Waals surface area contributed by atoms with Crippen molar-refractivity contribution in [1.29, 1.82) is 0 Å². The Morgan fingerprint density at radius 3 is 2.94 bits per heavy atom. The molecule has 86 valence electrons. The molecule has 1 aromatic heterocycles. The van der Waals surface area contributed by atoms with Gasteiger partial charge < -0.3 is 0 Å². The third-order valence-electron chi connectivity index (χ3n) is 1.97. The van der Waals surface area contributed by atoms with Gasteiger partial charge in [-0.1, -0.05) is 34.1 Å². The van der Waals surface area contributed by atoms with Crippen molar-refractivity contribution in [3.05, 3.63) is 56.7 Å². The van der Waals surface area contributed by atoms with Crippen molar-refractivity contribution >= 4 is 39.4 Å². The van der Waals surface area contributed by atoms with Crippen molar-refractivity contribution in [2.75, 3.05) is 0 Å². The number of carbonyl (C=O) groups is 1. The van der Waals surface area contributed by atoms with Gasteiger partial charge in [-0.25, -0.2) is 5.43 Å². The van der Waals surface area contributed by atoms with Crippen molar-refractivity contribution < 1.29 is 4.79 Å². The molecule has 5 heteroatoms. The summed E-state index contributed by atoms with van der Waals surface area (Å²) in [6, 6.07) is 11.3. The van der Waals surface area contributed by atoms with Gasteiger partial charge in [0.1, 0.15) is 0 Å². The molecule has 1 N–H and O–H groups in total. The lowest BCUT2D eigenvalue weighted by atomic mass is 10.2. The Morgan fingerprint density at radius 2 is 2.24 bits per heavy atom. The Labute approximate surface area is 111 Å². The van der Waals surface area contributed by atoms with E-state index in [0.29, 0.717) is 4.88 Å². The largest absolute Gasteiger partial charge is 0.281 e. The molecule has 1 heterocycles. The quantitative estimate of drug-likeness (QED) is 0.686. The lowest BCUT2D eigenvalue weighted by Gasteiger charge is -1.96. The zero-order chi connectivity index (χ0) is 12.1. The Bertz CT molecular complexity index is 537. The fourth-order valence-electron chi connectivity index (χ4n) is 1.22. The van der Waals surface area contributed by atoms with E-state index in [1.165, 1.54) is 11.3 Å². The molecule has 0 aliphatic rings. The van der Waals surface area contributed by atoms with Gasteiger partial charge in [0, 0.05) is 4.47 Å². The standard InChI is InChI=1S/C12H9BrN2OS/c13-10-4-1-3-9(7-10)8-14-15-12(16)11-5-2-6-17-11/h1-8H,(H,15,16)/b14-8+. The molecule has 3 nitrogen and oxygen atoms in total. The number of hydrazone groups is 1. The van der Waals surface area contributed by atoms with E-state index in [1.54, 1.807) is 12.3 Å². The highest BCUT2D eigenvalue weighted by Gasteiger charge is 2.03. The Balaban J connectivity index is 1.96. The van der Waals surface area contributed by atoms with Gasteiger partial charge in [-0.15, -0.1) is 11.3 Å². The van der Waals surface area contributed by atoms with Gasteiger partial charge in [0.25, 0.3) is 5.91 Å². The Hall–Kier alpha value is -1.46. The van der Waals surface area contributed by atoms with Gasteiger partial charge in [-0.3, -0.25) is 4.79 Å². The van der Waals surface area contributed by atoms with Crippen LogP contribution in [0.1, 0.15) is 15.2 Å². The molecule has 0 atom stereocenters. The Kier molecular flexibility index (Phi) is 4.06. The zero-order valence-electron chi connectivity index (χ0n) is 8.76. The molecule has 0 aliphatic heterocycles. The average molecular weight is 309 g/mol. The minimum atomic E-state index is -0.189. The van der Waals surface area contributed by atoms with Crippen LogP contribution in [0.15, 0.2) is 51.4 Å². The molecule has 2 aromatic rings. The monoisotopic (exact) mass is 308 g/mol. The number of nitrogens with one attached hydrogen (secondary N) is 1. The summed E-state index contributed by atoms with van der Waals surface area (Å²) in [4.78, 5) is 12.2. The molecule has 0 saturated heterocycles. The summed E-state index contributed by atoms with van der Waals surface area (Å²) in [5.74, 6) is -0.189. The summed E-state index contributed by atoms with van der Waals surface area (Å²) in [5.41, 5.74) is 3.40. The smallest absolute Gasteiger partial charge is 0.266 e. The number of benzene rings is 1. The van der Waals surface area contributed by atoms with Crippen LogP contribution in [0.5, 0.6) is 0 Å². The zero-order valence-corrected chi connectivity index (χ0v) is 11.2. The molecule has 1 amide bonds. The first-order valence-corrected chi connectivity index (χ1v) is 6.55. The number of hydrogen-bond acceptors (Lipinski definition) is 3. The molecule has 0 saturated carbocycles. The maximum atomic E-state index is 11.5. The average Bonchev–Trinajstić information content (AvgIpc) is 2.82. The van der Waals surface area contributed by atoms with E-state index in [1.807, 2.05) is 35.7 Å². The van der Waals surface area contributed by atoms with Crippen molar-refractivity contribution in [3.8, 4) is 0 Å². The number of nitrogens with zero attached hydrogens (tertiary/aromatic N) is 1. The van der Waals surface area contributed by atoms with Crippen LogP contribution in [0, 0.1) is 0 Å². The third-order valence-corrected chi connectivity index (χ3v) is 3.34.